The first kappa shape index (κ1) is 20.2. The fraction of sp³-hybridized carbons (Fsp3) is 0.348. The fourth-order valence-corrected chi connectivity index (χ4v) is 4.19. The minimum atomic E-state index is -0.376. The number of hydrogen-bond donors (Lipinski definition) is 0. The molecule has 1 fully saturated rings. The third-order valence-corrected chi connectivity index (χ3v) is 5.84. The largest absolute Gasteiger partial charge is 0.350 e. The minimum absolute atomic E-state index is 0.0922. The highest BCUT2D eigenvalue weighted by molar-refractivity contribution is 5.76. The Morgan fingerprint density at radius 1 is 1.25 bits per heavy atom. The lowest BCUT2D eigenvalue weighted by molar-refractivity contribution is -0.133. The highest BCUT2D eigenvalue weighted by Gasteiger charge is 2.23. The van der Waals surface area contributed by atoms with Crippen molar-refractivity contribution in [3.63, 3.8) is 0 Å². The molecular weight excluding hydrogens is 408 g/mol. The zero-order valence-electron chi connectivity index (χ0n) is 18.1. The first-order valence-corrected chi connectivity index (χ1v) is 10.8. The third kappa shape index (κ3) is 3.70. The van der Waals surface area contributed by atoms with Crippen molar-refractivity contribution in [2.75, 3.05) is 13.1 Å². The first-order valence-electron chi connectivity index (χ1n) is 10.8. The molecular formula is C23H24N6O3. The van der Waals surface area contributed by atoms with Crippen molar-refractivity contribution in [1.82, 2.24) is 29.2 Å². The number of piperidine rings is 1. The Labute approximate surface area is 184 Å². The van der Waals surface area contributed by atoms with Gasteiger partial charge in [-0.3, -0.25) is 4.79 Å². The van der Waals surface area contributed by atoms with Gasteiger partial charge in [0, 0.05) is 24.8 Å². The fourth-order valence-electron chi connectivity index (χ4n) is 4.19. The molecule has 1 aromatic carbocycles. The number of rotatable bonds is 4. The summed E-state index contributed by atoms with van der Waals surface area (Å²) in [5, 5.41) is 8.52. The molecule has 9 heteroatoms. The lowest BCUT2D eigenvalue weighted by atomic mass is 10.0. The second-order valence-electron chi connectivity index (χ2n) is 8.44. The van der Waals surface area contributed by atoms with E-state index in [1.54, 1.807) is 18.3 Å². The van der Waals surface area contributed by atoms with Crippen LogP contribution in [0.25, 0.3) is 28.5 Å². The molecule has 0 bridgehead atoms. The number of pyridine rings is 1. The van der Waals surface area contributed by atoms with E-state index in [-0.39, 0.29) is 24.0 Å². The maximum atomic E-state index is 12.9. The number of aryl methyl sites for hydroxylation is 1. The van der Waals surface area contributed by atoms with Crippen LogP contribution in [-0.4, -0.2) is 48.2 Å². The summed E-state index contributed by atoms with van der Waals surface area (Å²) in [7, 11) is 0. The number of benzene rings is 1. The quantitative estimate of drug-likeness (QED) is 0.492. The van der Waals surface area contributed by atoms with Crippen LogP contribution in [0.1, 0.15) is 25.3 Å². The number of amides is 1. The summed E-state index contributed by atoms with van der Waals surface area (Å²) in [4.78, 5) is 32.0. The van der Waals surface area contributed by atoms with Gasteiger partial charge >= 0.3 is 5.69 Å². The van der Waals surface area contributed by atoms with E-state index in [4.69, 9.17) is 4.52 Å². The lowest BCUT2D eigenvalue weighted by Crippen LogP contribution is -2.42. The van der Waals surface area contributed by atoms with Crippen LogP contribution < -0.4 is 5.69 Å². The molecule has 4 aromatic rings. The van der Waals surface area contributed by atoms with E-state index < -0.39 is 0 Å². The molecule has 0 N–H and O–H groups in total. The Hall–Kier alpha value is -3.75. The first-order chi connectivity index (χ1) is 15.5. The zero-order valence-corrected chi connectivity index (χ0v) is 18.1. The van der Waals surface area contributed by atoms with Gasteiger partial charge in [0.2, 0.25) is 11.7 Å². The number of nitrogens with zero attached hydrogens (tertiary/aromatic N) is 6. The third-order valence-electron chi connectivity index (χ3n) is 5.84. The number of carbonyl (C=O) groups excluding carboxylic acids is 1. The van der Waals surface area contributed by atoms with E-state index in [0.29, 0.717) is 23.0 Å². The van der Waals surface area contributed by atoms with E-state index >= 15 is 0 Å². The van der Waals surface area contributed by atoms with E-state index in [1.807, 2.05) is 36.1 Å². The summed E-state index contributed by atoms with van der Waals surface area (Å²) < 4.78 is 8.10. The smallest absolute Gasteiger partial charge is 0.341 e. The number of aromatic nitrogens is 5. The molecule has 0 radical (unpaired) electrons. The summed E-state index contributed by atoms with van der Waals surface area (Å²) in [6.07, 6.45) is 3.73. The van der Waals surface area contributed by atoms with E-state index in [9.17, 15) is 9.59 Å². The SMILES string of the molecule is Cc1cccc(-c2noc(-c3cccn4c(=O)n(CC(=O)N5CCCC(C)C5)nc34)n2)c1. The molecule has 1 unspecified atom stereocenters. The van der Waals surface area contributed by atoms with Gasteiger partial charge < -0.3 is 9.42 Å². The number of fused-ring (bicyclic) bond motifs is 1. The molecule has 9 nitrogen and oxygen atoms in total. The summed E-state index contributed by atoms with van der Waals surface area (Å²) in [6, 6.07) is 11.3. The Bertz CT molecular complexity index is 1350. The summed E-state index contributed by atoms with van der Waals surface area (Å²) in [6.45, 7) is 5.48. The van der Waals surface area contributed by atoms with Crippen molar-refractivity contribution < 1.29 is 9.32 Å². The molecule has 4 heterocycles. The second-order valence-corrected chi connectivity index (χ2v) is 8.44. The molecule has 1 amide bonds. The van der Waals surface area contributed by atoms with Crippen LogP contribution in [0.2, 0.25) is 0 Å². The van der Waals surface area contributed by atoms with Gasteiger partial charge in [-0.1, -0.05) is 35.8 Å². The van der Waals surface area contributed by atoms with Crippen molar-refractivity contribution in [2.45, 2.75) is 33.2 Å². The average Bonchev–Trinajstić information content (AvgIpc) is 3.39. The maximum Gasteiger partial charge on any atom is 0.350 e. The Kier molecular flexibility index (Phi) is 5.08. The summed E-state index contributed by atoms with van der Waals surface area (Å²) in [5.41, 5.74) is 2.47. The van der Waals surface area contributed by atoms with Crippen LogP contribution in [0.3, 0.4) is 0 Å². The van der Waals surface area contributed by atoms with Gasteiger partial charge in [-0.15, -0.1) is 5.10 Å². The second kappa shape index (κ2) is 8.07. The molecule has 1 saturated heterocycles. The average molecular weight is 432 g/mol. The van der Waals surface area contributed by atoms with Crippen molar-refractivity contribution in [3.8, 4) is 22.8 Å². The van der Waals surface area contributed by atoms with Crippen molar-refractivity contribution in [2.24, 2.45) is 5.92 Å². The van der Waals surface area contributed by atoms with Gasteiger partial charge in [0.05, 0.1) is 5.56 Å². The molecule has 1 aliphatic heterocycles. The van der Waals surface area contributed by atoms with E-state index in [0.717, 1.165) is 37.1 Å². The normalized spacial score (nSPS) is 16.6. The molecule has 164 valence electrons. The number of carbonyl (C=O) groups is 1. The van der Waals surface area contributed by atoms with Crippen LogP contribution in [0.4, 0.5) is 0 Å². The van der Waals surface area contributed by atoms with Gasteiger partial charge in [0.15, 0.2) is 5.65 Å². The monoisotopic (exact) mass is 432 g/mol. The Morgan fingerprint density at radius 2 is 2.12 bits per heavy atom. The summed E-state index contributed by atoms with van der Waals surface area (Å²) in [5.74, 6) is 1.10. The van der Waals surface area contributed by atoms with E-state index in [1.165, 1.54) is 9.08 Å². The maximum absolute atomic E-state index is 12.9. The molecule has 0 spiro atoms. The molecule has 5 rings (SSSR count). The highest BCUT2D eigenvalue weighted by atomic mass is 16.5. The van der Waals surface area contributed by atoms with Gasteiger partial charge in [-0.25, -0.2) is 13.9 Å². The van der Waals surface area contributed by atoms with Crippen molar-refractivity contribution >= 4 is 11.6 Å². The predicted molar refractivity (Wildman–Crippen MR) is 118 cm³/mol. The Morgan fingerprint density at radius 3 is 2.94 bits per heavy atom. The van der Waals surface area contributed by atoms with Crippen LogP contribution in [0, 0.1) is 12.8 Å². The summed E-state index contributed by atoms with van der Waals surface area (Å²) >= 11 is 0. The number of likely N-dealkylation sites (tertiary alicyclic amines) is 1. The van der Waals surface area contributed by atoms with Crippen LogP contribution in [-0.2, 0) is 11.3 Å². The molecule has 3 aromatic heterocycles. The molecule has 1 atom stereocenters. The highest BCUT2D eigenvalue weighted by Crippen LogP contribution is 2.25. The zero-order chi connectivity index (χ0) is 22.2. The van der Waals surface area contributed by atoms with Gasteiger partial charge in [0.25, 0.3) is 5.89 Å². The van der Waals surface area contributed by atoms with Crippen LogP contribution >= 0.6 is 0 Å². The predicted octanol–water partition coefficient (Wildman–Crippen LogP) is 2.78. The molecule has 0 saturated carbocycles. The minimum Gasteiger partial charge on any atom is -0.341 e. The van der Waals surface area contributed by atoms with Crippen molar-refractivity contribution in [1.29, 1.82) is 0 Å². The van der Waals surface area contributed by atoms with Crippen LogP contribution in [0.5, 0.6) is 0 Å². The molecule has 32 heavy (non-hydrogen) atoms. The lowest BCUT2D eigenvalue weighted by Gasteiger charge is -2.30. The Balaban J connectivity index is 1.47. The standard InChI is InChI=1S/C23H24N6O3/c1-15-6-3-8-17(12-15)20-24-22(32-26-20)18-9-5-11-28-21(18)25-29(23(28)31)14-19(30)27-10-4-7-16(2)13-27/h3,5-6,8-9,11-12,16H,4,7,10,13-14H2,1-2H3. The van der Waals surface area contributed by atoms with Gasteiger partial charge in [-0.2, -0.15) is 4.98 Å². The molecule has 0 aliphatic carbocycles. The molecule has 1 aliphatic rings. The van der Waals surface area contributed by atoms with E-state index in [2.05, 4.69) is 22.2 Å². The van der Waals surface area contributed by atoms with Gasteiger partial charge in [-0.05, 0) is 43.9 Å². The topological polar surface area (TPSA) is 98.5 Å². The number of hydrogen-bond acceptors (Lipinski definition) is 6. The van der Waals surface area contributed by atoms with Crippen LogP contribution in [0.15, 0.2) is 51.9 Å². The van der Waals surface area contributed by atoms with Crippen molar-refractivity contribution in [3.05, 3.63) is 58.6 Å². The van der Waals surface area contributed by atoms with Gasteiger partial charge in [0.1, 0.15) is 6.54 Å².